The Morgan fingerprint density at radius 1 is 1.15 bits per heavy atom. The molecule has 0 radical (unpaired) electrons. The Bertz CT molecular complexity index is 840. The Kier molecular flexibility index (Phi) is 6.49. The van der Waals surface area contributed by atoms with Gasteiger partial charge in [0, 0.05) is 11.4 Å². The van der Waals surface area contributed by atoms with Crippen LogP contribution >= 0.6 is 23.1 Å². The Labute approximate surface area is 161 Å². The molecule has 0 saturated heterocycles. The first-order chi connectivity index (χ1) is 12.6. The minimum absolute atomic E-state index is 0.253. The van der Waals surface area contributed by atoms with Crippen molar-refractivity contribution in [3.63, 3.8) is 0 Å². The number of aliphatic hydroxyl groups is 1. The molecule has 0 aliphatic heterocycles. The lowest BCUT2D eigenvalue weighted by molar-refractivity contribution is 0.126. The van der Waals surface area contributed by atoms with Gasteiger partial charge in [-0.25, -0.2) is 0 Å². The van der Waals surface area contributed by atoms with Crippen LogP contribution in [0.3, 0.4) is 0 Å². The minimum Gasteiger partial charge on any atom is -0.491 e. The largest absolute Gasteiger partial charge is 0.491 e. The van der Waals surface area contributed by atoms with E-state index in [1.165, 1.54) is 34.2 Å². The van der Waals surface area contributed by atoms with Crippen molar-refractivity contribution in [1.82, 2.24) is 10.2 Å². The molecular formula is C19H21N3O2S2. The Balaban J connectivity index is 1.47. The van der Waals surface area contributed by atoms with Gasteiger partial charge in [-0.15, -0.1) is 10.2 Å². The Hall–Kier alpha value is -2.09. The summed E-state index contributed by atoms with van der Waals surface area (Å²) in [5, 5.41) is 22.5. The number of nitrogens with one attached hydrogen (secondary N) is 1. The van der Waals surface area contributed by atoms with Crippen molar-refractivity contribution in [1.29, 1.82) is 0 Å². The van der Waals surface area contributed by atoms with Crippen LogP contribution in [0.2, 0.25) is 0 Å². The molecule has 0 saturated carbocycles. The van der Waals surface area contributed by atoms with Crippen LogP contribution in [-0.4, -0.2) is 33.8 Å². The Morgan fingerprint density at radius 2 is 1.96 bits per heavy atom. The van der Waals surface area contributed by atoms with Crippen molar-refractivity contribution in [3.05, 3.63) is 59.7 Å². The van der Waals surface area contributed by atoms with E-state index in [-0.39, 0.29) is 6.61 Å². The standard InChI is InChI=1S/C19H21N3O2S2/c1-13-8-9-17(14(2)10-13)20-18-21-22-19(26-18)25-12-15(23)11-24-16-6-4-3-5-7-16/h3-10,15,23H,11-12H2,1-2H3,(H,20,21)/t15-/m0/s1. The van der Waals surface area contributed by atoms with E-state index in [9.17, 15) is 5.11 Å². The molecule has 136 valence electrons. The predicted octanol–water partition coefficient (Wildman–Crippen LogP) is 4.43. The molecule has 0 bridgehead atoms. The van der Waals surface area contributed by atoms with E-state index in [0.717, 1.165) is 20.9 Å². The lowest BCUT2D eigenvalue weighted by Crippen LogP contribution is -2.19. The SMILES string of the molecule is Cc1ccc(Nc2nnc(SC[C@@H](O)COc3ccccc3)s2)c(C)c1. The molecule has 5 nitrogen and oxygen atoms in total. The lowest BCUT2D eigenvalue weighted by Gasteiger charge is -2.10. The van der Waals surface area contributed by atoms with Gasteiger partial charge in [-0.1, -0.05) is 59.0 Å². The summed E-state index contributed by atoms with van der Waals surface area (Å²) in [7, 11) is 0. The van der Waals surface area contributed by atoms with Gasteiger partial charge in [0.2, 0.25) is 5.13 Å². The van der Waals surface area contributed by atoms with Crippen LogP contribution in [0.25, 0.3) is 0 Å². The first-order valence-electron chi connectivity index (χ1n) is 8.26. The van der Waals surface area contributed by atoms with Gasteiger partial charge in [-0.3, -0.25) is 0 Å². The van der Waals surface area contributed by atoms with E-state index in [0.29, 0.717) is 5.75 Å². The second-order valence-corrected chi connectivity index (χ2v) is 8.15. The molecule has 3 rings (SSSR count). The molecule has 3 aromatic rings. The Morgan fingerprint density at radius 3 is 2.73 bits per heavy atom. The first kappa shape index (κ1) is 18.7. The maximum Gasteiger partial charge on any atom is 0.210 e. The molecule has 2 aromatic carbocycles. The van der Waals surface area contributed by atoms with Gasteiger partial charge in [-0.2, -0.15) is 0 Å². The van der Waals surface area contributed by atoms with Crippen LogP contribution in [0.1, 0.15) is 11.1 Å². The molecular weight excluding hydrogens is 366 g/mol. The quantitative estimate of drug-likeness (QED) is 0.557. The van der Waals surface area contributed by atoms with Crippen molar-refractivity contribution in [2.45, 2.75) is 24.3 Å². The highest BCUT2D eigenvalue weighted by Crippen LogP contribution is 2.29. The number of aryl methyl sites for hydroxylation is 2. The van der Waals surface area contributed by atoms with E-state index in [1.807, 2.05) is 36.4 Å². The zero-order valence-electron chi connectivity index (χ0n) is 14.7. The van der Waals surface area contributed by atoms with Crippen LogP contribution in [-0.2, 0) is 0 Å². The summed E-state index contributed by atoms with van der Waals surface area (Å²) in [6, 6.07) is 15.7. The van der Waals surface area contributed by atoms with Crippen molar-refractivity contribution in [3.8, 4) is 5.75 Å². The number of aliphatic hydroxyl groups excluding tert-OH is 1. The van der Waals surface area contributed by atoms with Gasteiger partial charge in [0.1, 0.15) is 12.4 Å². The first-order valence-corrected chi connectivity index (χ1v) is 10.1. The summed E-state index contributed by atoms with van der Waals surface area (Å²) in [6.07, 6.45) is -0.570. The number of aromatic nitrogens is 2. The highest BCUT2D eigenvalue weighted by atomic mass is 32.2. The van der Waals surface area contributed by atoms with Gasteiger partial charge >= 0.3 is 0 Å². The molecule has 0 aliphatic rings. The average molecular weight is 388 g/mol. The van der Waals surface area contributed by atoms with E-state index in [1.54, 1.807) is 0 Å². The number of anilines is 2. The molecule has 7 heteroatoms. The van der Waals surface area contributed by atoms with Gasteiger partial charge in [0.25, 0.3) is 0 Å². The van der Waals surface area contributed by atoms with Crippen molar-refractivity contribution in [2.24, 2.45) is 0 Å². The highest BCUT2D eigenvalue weighted by Gasteiger charge is 2.11. The molecule has 1 aromatic heterocycles. The third-order valence-electron chi connectivity index (χ3n) is 3.61. The number of hydrogen-bond acceptors (Lipinski definition) is 7. The second-order valence-electron chi connectivity index (χ2n) is 5.91. The summed E-state index contributed by atoms with van der Waals surface area (Å²) < 4.78 is 6.37. The fraction of sp³-hybridized carbons (Fsp3) is 0.263. The number of hydrogen-bond donors (Lipinski definition) is 2. The van der Waals surface area contributed by atoms with Crippen LogP contribution in [0.5, 0.6) is 5.75 Å². The molecule has 0 aliphatic carbocycles. The van der Waals surface area contributed by atoms with Gasteiger partial charge < -0.3 is 15.2 Å². The number of rotatable bonds is 8. The number of nitrogens with zero attached hydrogens (tertiary/aromatic N) is 2. The molecule has 0 amide bonds. The number of thioether (sulfide) groups is 1. The third-order valence-corrected chi connectivity index (χ3v) is 5.73. The van der Waals surface area contributed by atoms with Crippen LogP contribution in [0.15, 0.2) is 52.9 Å². The molecule has 1 atom stereocenters. The topological polar surface area (TPSA) is 67.3 Å². The lowest BCUT2D eigenvalue weighted by atomic mass is 10.1. The zero-order chi connectivity index (χ0) is 18.4. The average Bonchev–Trinajstić information content (AvgIpc) is 3.09. The van der Waals surface area contributed by atoms with E-state index in [4.69, 9.17) is 4.74 Å². The predicted molar refractivity (Wildman–Crippen MR) is 108 cm³/mol. The normalized spacial score (nSPS) is 12.0. The molecule has 0 unspecified atom stereocenters. The summed E-state index contributed by atoms with van der Waals surface area (Å²) in [4.78, 5) is 0. The molecule has 0 spiro atoms. The molecule has 26 heavy (non-hydrogen) atoms. The molecule has 2 N–H and O–H groups in total. The molecule has 1 heterocycles. The summed E-state index contributed by atoms with van der Waals surface area (Å²) in [5.74, 6) is 1.26. The second kappa shape index (κ2) is 9.02. The highest BCUT2D eigenvalue weighted by molar-refractivity contribution is 8.01. The van der Waals surface area contributed by atoms with Crippen LogP contribution in [0, 0.1) is 13.8 Å². The van der Waals surface area contributed by atoms with Crippen LogP contribution in [0.4, 0.5) is 10.8 Å². The van der Waals surface area contributed by atoms with Crippen molar-refractivity contribution in [2.75, 3.05) is 17.7 Å². The minimum atomic E-state index is -0.570. The smallest absolute Gasteiger partial charge is 0.210 e. The monoisotopic (exact) mass is 387 g/mol. The van der Waals surface area contributed by atoms with Gasteiger partial charge in [0.05, 0.1) is 6.10 Å². The third kappa shape index (κ3) is 5.45. The van der Waals surface area contributed by atoms with E-state index in [2.05, 4.69) is 41.5 Å². The van der Waals surface area contributed by atoms with Crippen molar-refractivity contribution >= 4 is 33.9 Å². The summed E-state index contributed by atoms with van der Waals surface area (Å²) in [5.41, 5.74) is 3.43. The number of benzene rings is 2. The van der Waals surface area contributed by atoms with Gasteiger partial charge in [0.15, 0.2) is 4.34 Å². The maximum atomic E-state index is 10.1. The maximum absolute atomic E-state index is 10.1. The van der Waals surface area contributed by atoms with E-state index < -0.39 is 6.10 Å². The summed E-state index contributed by atoms with van der Waals surface area (Å²) in [6.45, 7) is 4.39. The van der Waals surface area contributed by atoms with Crippen molar-refractivity contribution < 1.29 is 9.84 Å². The molecule has 0 fully saturated rings. The summed E-state index contributed by atoms with van der Waals surface area (Å²) >= 11 is 2.95. The van der Waals surface area contributed by atoms with Gasteiger partial charge in [-0.05, 0) is 37.6 Å². The van der Waals surface area contributed by atoms with Crippen LogP contribution < -0.4 is 10.1 Å². The van der Waals surface area contributed by atoms with E-state index >= 15 is 0 Å². The zero-order valence-corrected chi connectivity index (χ0v) is 16.3. The fourth-order valence-corrected chi connectivity index (χ4v) is 4.01. The fourth-order valence-electron chi connectivity index (χ4n) is 2.31. The number of para-hydroxylation sites is 1. The number of ether oxygens (including phenoxy) is 1.